The van der Waals surface area contributed by atoms with Gasteiger partial charge in [0.2, 0.25) is 0 Å². The van der Waals surface area contributed by atoms with Gasteiger partial charge in [-0.05, 0) is 82.6 Å². The molecule has 0 fully saturated rings. The molecule has 0 amide bonds. The zero-order valence-corrected chi connectivity index (χ0v) is 25.9. The smallest absolute Gasteiger partial charge is 0.136 e. The third-order valence-electron chi connectivity index (χ3n) is 9.15. The van der Waals surface area contributed by atoms with Crippen LogP contribution in [0.15, 0.2) is 65.1 Å². The number of furan rings is 1. The molecule has 0 radical (unpaired) electrons. The van der Waals surface area contributed by atoms with Crippen LogP contribution in [-0.4, -0.2) is 0 Å². The lowest BCUT2D eigenvalue weighted by atomic mass is 9.98. The molecule has 41 heavy (non-hydrogen) atoms. The first-order valence-electron chi connectivity index (χ1n) is 17.1. The number of rotatable bonds is 18. The average molecular weight is 549 g/mol. The van der Waals surface area contributed by atoms with E-state index in [9.17, 15) is 0 Å². The summed E-state index contributed by atoms with van der Waals surface area (Å²) in [6, 6.07) is 23.3. The molecule has 0 saturated carbocycles. The van der Waals surface area contributed by atoms with Gasteiger partial charge in [-0.25, -0.2) is 0 Å². The highest BCUT2D eigenvalue weighted by molar-refractivity contribution is 6.13. The monoisotopic (exact) mass is 548 g/mol. The van der Waals surface area contributed by atoms with Crippen molar-refractivity contribution in [2.75, 3.05) is 0 Å². The highest BCUT2D eigenvalue weighted by Gasteiger charge is 2.11. The molecule has 0 aliphatic carbocycles. The van der Waals surface area contributed by atoms with Crippen LogP contribution in [0.25, 0.3) is 43.5 Å². The van der Waals surface area contributed by atoms with Crippen LogP contribution in [0.5, 0.6) is 0 Å². The summed E-state index contributed by atoms with van der Waals surface area (Å²) in [6.07, 6.45) is 24.3. The lowest BCUT2D eigenvalue weighted by Gasteiger charge is -2.06. The Bertz CT molecular complexity index is 1410. The molecule has 1 heteroatoms. The fourth-order valence-electron chi connectivity index (χ4n) is 6.60. The second-order valence-electron chi connectivity index (χ2n) is 12.6. The van der Waals surface area contributed by atoms with Crippen molar-refractivity contribution in [3.05, 3.63) is 71.8 Å². The fraction of sp³-hybridized carbons (Fsp3) is 0.500. The number of unbranched alkanes of at least 4 members (excludes halogenated alkanes) is 14. The van der Waals surface area contributed by atoms with Crippen LogP contribution in [0, 0.1) is 0 Å². The van der Waals surface area contributed by atoms with E-state index in [1.165, 1.54) is 159 Å². The Kier molecular flexibility index (Phi) is 11.2. The third kappa shape index (κ3) is 8.15. The highest BCUT2D eigenvalue weighted by Crippen LogP contribution is 2.35. The van der Waals surface area contributed by atoms with Crippen molar-refractivity contribution in [2.24, 2.45) is 0 Å². The second kappa shape index (κ2) is 15.4. The number of hydrogen-bond acceptors (Lipinski definition) is 1. The summed E-state index contributed by atoms with van der Waals surface area (Å²) in [5.41, 5.74) is 4.92. The Hall–Kier alpha value is -2.80. The molecule has 0 aliphatic heterocycles. The predicted molar refractivity (Wildman–Crippen MR) is 181 cm³/mol. The number of benzene rings is 4. The summed E-state index contributed by atoms with van der Waals surface area (Å²) in [4.78, 5) is 0. The van der Waals surface area contributed by atoms with Gasteiger partial charge in [-0.3, -0.25) is 0 Å². The van der Waals surface area contributed by atoms with Crippen LogP contribution in [0.4, 0.5) is 0 Å². The highest BCUT2D eigenvalue weighted by atomic mass is 16.3. The molecule has 5 rings (SSSR count). The first-order valence-corrected chi connectivity index (χ1v) is 17.1. The van der Waals surface area contributed by atoms with Crippen LogP contribution < -0.4 is 0 Å². The maximum absolute atomic E-state index is 6.38. The molecule has 0 aliphatic rings. The molecule has 218 valence electrons. The van der Waals surface area contributed by atoms with Crippen LogP contribution in [-0.2, 0) is 12.8 Å². The minimum absolute atomic E-state index is 0.998. The Morgan fingerprint density at radius 2 is 0.780 bits per heavy atom. The van der Waals surface area contributed by atoms with Gasteiger partial charge in [0.25, 0.3) is 0 Å². The quantitative estimate of drug-likeness (QED) is 0.0992. The molecule has 0 N–H and O–H groups in total. The maximum atomic E-state index is 6.38. The predicted octanol–water partition coefficient (Wildman–Crippen LogP) is 13.3. The van der Waals surface area contributed by atoms with Gasteiger partial charge in [0.05, 0.1) is 0 Å². The van der Waals surface area contributed by atoms with Gasteiger partial charge in [-0.15, -0.1) is 0 Å². The number of aryl methyl sites for hydroxylation is 2. The Morgan fingerprint density at radius 1 is 0.390 bits per heavy atom. The van der Waals surface area contributed by atoms with E-state index in [0.717, 1.165) is 11.2 Å². The van der Waals surface area contributed by atoms with Crippen molar-refractivity contribution in [3.63, 3.8) is 0 Å². The number of fused-ring (bicyclic) bond motifs is 5. The van der Waals surface area contributed by atoms with Crippen molar-refractivity contribution in [3.8, 4) is 0 Å². The topological polar surface area (TPSA) is 13.1 Å². The first kappa shape index (κ1) is 29.7. The molecule has 0 bridgehead atoms. The van der Waals surface area contributed by atoms with E-state index in [1.807, 2.05) is 0 Å². The SMILES string of the molecule is CCCCCCCCCCc1ccc2cc3oc4cc5ccc(CCCCCCCCCC)cc5cc4c3cc2c1. The Balaban J connectivity index is 1.24. The van der Waals surface area contributed by atoms with Gasteiger partial charge in [0, 0.05) is 10.8 Å². The minimum atomic E-state index is 0.998. The van der Waals surface area contributed by atoms with E-state index in [-0.39, 0.29) is 0 Å². The summed E-state index contributed by atoms with van der Waals surface area (Å²) < 4.78 is 6.38. The summed E-state index contributed by atoms with van der Waals surface area (Å²) in [5, 5.41) is 7.70. The van der Waals surface area contributed by atoms with E-state index in [2.05, 4.69) is 74.5 Å². The van der Waals surface area contributed by atoms with E-state index in [1.54, 1.807) is 0 Å². The molecular formula is C40H52O. The van der Waals surface area contributed by atoms with Crippen molar-refractivity contribution in [2.45, 2.75) is 129 Å². The molecule has 1 heterocycles. The molecule has 0 spiro atoms. The second-order valence-corrected chi connectivity index (χ2v) is 12.6. The Labute approximate surface area is 248 Å². The largest absolute Gasteiger partial charge is 0.456 e. The molecule has 5 aromatic rings. The summed E-state index contributed by atoms with van der Waals surface area (Å²) in [7, 11) is 0. The van der Waals surface area contributed by atoms with Crippen LogP contribution in [0.2, 0.25) is 0 Å². The Morgan fingerprint density at radius 3 is 1.20 bits per heavy atom. The van der Waals surface area contributed by atoms with E-state index in [4.69, 9.17) is 4.42 Å². The van der Waals surface area contributed by atoms with Crippen LogP contribution >= 0.6 is 0 Å². The average Bonchev–Trinajstić information content (AvgIpc) is 3.33. The zero-order valence-electron chi connectivity index (χ0n) is 25.9. The summed E-state index contributed by atoms with van der Waals surface area (Å²) in [6.45, 7) is 4.58. The fourth-order valence-corrected chi connectivity index (χ4v) is 6.60. The molecule has 0 unspecified atom stereocenters. The van der Waals surface area contributed by atoms with Crippen LogP contribution in [0.3, 0.4) is 0 Å². The lowest BCUT2D eigenvalue weighted by molar-refractivity contribution is 0.575. The lowest BCUT2D eigenvalue weighted by Crippen LogP contribution is -1.87. The van der Waals surface area contributed by atoms with Crippen LogP contribution in [0.1, 0.15) is 128 Å². The van der Waals surface area contributed by atoms with Crippen molar-refractivity contribution in [1.29, 1.82) is 0 Å². The molecule has 0 saturated heterocycles. The van der Waals surface area contributed by atoms with Crippen molar-refractivity contribution < 1.29 is 4.42 Å². The van der Waals surface area contributed by atoms with E-state index in [0.29, 0.717) is 0 Å². The van der Waals surface area contributed by atoms with Gasteiger partial charge in [0.15, 0.2) is 0 Å². The molecule has 4 aromatic carbocycles. The van der Waals surface area contributed by atoms with E-state index >= 15 is 0 Å². The van der Waals surface area contributed by atoms with Gasteiger partial charge in [0.1, 0.15) is 11.2 Å². The molecule has 1 nitrogen and oxygen atoms in total. The van der Waals surface area contributed by atoms with E-state index < -0.39 is 0 Å². The maximum Gasteiger partial charge on any atom is 0.136 e. The standard InChI is InChI=1S/C40H52O/c1-3-5-7-9-11-13-15-17-19-31-21-23-33-29-39-37(27-35(33)25-31)38-28-36-26-32(22-24-34(36)30-40(38)41-39)20-18-16-14-12-10-8-6-4-2/h21-30H,3-20H2,1-2H3. The molecule has 0 atom stereocenters. The summed E-state index contributed by atoms with van der Waals surface area (Å²) in [5.74, 6) is 0. The molecular weight excluding hydrogens is 496 g/mol. The molecule has 1 aromatic heterocycles. The normalized spacial score (nSPS) is 12.0. The van der Waals surface area contributed by atoms with Gasteiger partial charge in [-0.2, -0.15) is 0 Å². The van der Waals surface area contributed by atoms with Gasteiger partial charge < -0.3 is 4.42 Å². The summed E-state index contributed by atoms with van der Waals surface area (Å²) >= 11 is 0. The third-order valence-corrected chi connectivity index (χ3v) is 9.15. The van der Waals surface area contributed by atoms with Crippen molar-refractivity contribution in [1.82, 2.24) is 0 Å². The number of hydrogen-bond donors (Lipinski definition) is 0. The first-order chi connectivity index (χ1) is 20.2. The van der Waals surface area contributed by atoms with Gasteiger partial charge in [-0.1, -0.05) is 140 Å². The minimum Gasteiger partial charge on any atom is -0.456 e. The zero-order chi connectivity index (χ0) is 28.3. The van der Waals surface area contributed by atoms with Crippen molar-refractivity contribution >= 4 is 43.5 Å². The van der Waals surface area contributed by atoms with Gasteiger partial charge >= 0.3 is 0 Å².